The Morgan fingerprint density at radius 2 is 2.00 bits per heavy atom. The average Bonchev–Trinajstić information content (AvgIpc) is 2.48. The van der Waals surface area contributed by atoms with Crippen molar-refractivity contribution >= 4 is 6.03 Å². The summed E-state index contributed by atoms with van der Waals surface area (Å²) in [6.07, 6.45) is 2.56. The first kappa shape index (κ1) is 18.4. The van der Waals surface area contributed by atoms with E-state index in [0.717, 1.165) is 25.0 Å². The van der Waals surface area contributed by atoms with E-state index in [9.17, 15) is 13.6 Å². The zero-order chi connectivity index (χ0) is 16.5. The van der Waals surface area contributed by atoms with Crippen LogP contribution in [0, 0.1) is 17.6 Å². The summed E-state index contributed by atoms with van der Waals surface area (Å²) in [5.41, 5.74) is 0.495. The fourth-order valence-electron chi connectivity index (χ4n) is 2.29. The molecule has 124 valence electrons. The number of rotatable bonds is 8. The molecular formula is C16H24F2N2O2. The van der Waals surface area contributed by atoms with E-state index in [1.807, 2.05) is 0 Å². The fourth-order valence-corrected chi connectivity index (χ4v) is 2.29. The molecule has 0 saturated heterocycles. The maximum Gasteiger partial charge on any atom is 0.315 e. The third-order valence-electron chi connectivity index (χ3n) is 3.58. The normalized spacial score (nSPS) is 13.5. The Morgan fingerprint density at radius 3 is 2.59 bits per heavy atom. The van der Waals surface area contributed by atoms with Crippen LogP contribution < -0.4 is 10.6 Å². The SMILES string of the molecule is CCCC(CCO)CNC(=O)NC(C)c1ccc(F)c(F)c1. The average molecular weight is 314 g/mol. The summed E-state index contributed by atoms with van der Waals surface area (Å²) in [5, 5.41) is 14.4. The van der Waals surface area contributed by atoms with Crippen LogP contribution in [-0.4, -0.2) is 24.3 Å². The second-order valence-electron chi connectivity index (χ2n) is 5.42. The summed E-state index contributed by atoms with van der Waals surface area (Å²) in [5.74, 6) is -1.61. The van der Waals surface area contributed by atoms with E-state index in [2.05, 4.69) is 17.6 Å². The molecule has 0 radical (unpaired) electrons. The number of aliphatic hydroxyl groups is 1. The van der Waals surface area contributed by atoms with Crippen molar-refractivity contribution in [1.29, 1.82) is 0 Å². The highest BCUT2D eigenvalue weighted by atomic mass is 19.2. The van der Waals surface area contributed by atoms with E-state index in [-0.39, 0.29) is 18.6 Å². The highest BCUT2D eigenvalue weighted by Gasteiger charge is 2.13. The van der Waals surface area contributed by atoms with E-state index in [1.54, 1.807) is 6.92 Å². The van der Waals surface area contributed by atoms with E-state index < -0.39 is 17.7 Å². The molecule has 0 heterocycles. The molecule has 0 bridgehead atoms. The first-order valence-corrected chi connectivity index (χ1v) is 7.58. The second kappa shape index (κ2) is 9.35. The number of aliphatic hydroxyl groups excluding tert-OH is 1. The second-order valence-corrected chi connectivity index (χ2v) is 5.42. The lowest BCUT2D eigenvalue weighted by molar-refractivity contribution is 0.227. The summed E-state index contributed by atoms with van der Waals surface area (Å²) in [4.78, 5) is 11.8. The first-order chi connectivity index (χ1) is 10.5. The van der Waals surface area contributed by atoms with Gasteiger partial charge in [-0.3, -0.25) is 0 Å². The highest BCUT2D eigenvalue weighted by Crippen LogP contribution is 2.16. The Morgan fingerprint density at radius 1 is 1.27 bits per heavy atom. The van der Waals surface area contributed by atoms with E-state index >= 15 is 0 Å². The highest BCUT2D eigenvalue weighted by molar-refractivity contribution is 5.74. The summed E-state index contributed by atoms with van der Waals surface area (Å²) < 4.78 is 26.1. The van der Waals surface area contributed by atoms with Gasteiger partial charge in [-0.25, -0.2) is 13.6 Å². The molecule has 6 heteroatoms. The Hall–Kier alpha value is -1.69. The fraction of sp³-hybridized carbons (Fsp3) is 0.562. The lowest BCUT2D eigenvalue weighted by atomic mass is 10.0. The summed E-state index contributed by atoms with van der Waals surface area (Å²) in [7, 11) is 0. The largest absolute Gasteiger partial charge is 0.396 e. The number of halogens is 2. The van der Waals surface area contributed by atoms with Crippen LogP contribution in [0.4, 0.5) is 13.6 Å². The predicted octanol–water partition coefficient (Wildman–Crippen LogP) is 3.12. The number of nitrogens with one attached hydrogen (secondary N) is 2. The Labute approximate surface area is 129 Å². The van der Waals surface area contributed by atoms with Crippen LogP contribution >= 0.6 is 0 Å². The smallest absolute Gasteiger partial charge is 0.315 e. The molecule has 3 N–H and O–H groups in total. The third-order valence-corrected chi connectivity index (χ3v) is 3.58. The van der Waals surface area contributed by atoms with Gasteiger partial charge in [-0.2, -0.15) is 0 Å². The summed E-state index contributed by atoms with van der Waals surface area (Å²) in [6.45, 7) is 4.32. The van der Waals surface area contributed by atoms with Gasteiger partial charge in [-0.05, 0) is 43.4 Å². The number of amides is 2. The topological polar surface area (TPSA) is 61.4 Å². The lowest BCUT2D eigenvalue weighted by Crippen LogP contribution is -2.39. The molecule has 22 heavy (non-hydrogen) atoms. The van der Waals surface area contributed by atoms with Gasteiger partial charge in [-0.1, -0.05) is 19.4 Å². The van der Waals surface area contributed by atoms with Crippen LogP contribution in [0.5, 0.6) is 0 Å². The minimum atomic E-state index is -0.933. The number of urea groups is 1. The molecule has 0 saturated carbocycles. The maximum atomic E-state index is 13.2. The lowest BCUT2D eigenvalue weighted by Gasteiger charge is -2.18. The standard InChI is InChI=1S/C16H24F2N2O2/c1-3-4-12(7-8-21)10-19-16(22)20-11(2)13-5-6-14(17)15(18)9-13/h5-6,9,11-12,21H,3-4,7-8,10H2,1-2H3,(H2,19,20,22). The van der Waals surface area contributed by atoms with Gasteiger partial charge < -0.3 is 15.7 Å². The molecule has 4 nitrogen and oxygen atoms in total. The number of carbonyl (C=O) groups is 1. The van der Waals surface area contributed by atoms with E-state index in [4.69, 9.17) is 5.11 Å². The molecule has 1 rings (SSSR count). The van der Waals surface area contributed by atoms with Crippen LogP contribution in [0.15, 0.2) is 18.2 Å². The molecule has 0 spiro atoms. The van der Waals surface area contributed by atoms with Gasteiger partial charge in [0, 0.05) is 13.2 Å². The van der Waals surface area contributed by atoms with Gasteiger partial charge in [0.05, 0.1) is 6.04 Å². The van der Waals surface area contributed by atoms with Gasteiger partial charge in [0.1, 0.15) is 0 Å². The molecule has 2 amide bonds. The van der Waals surface area contributed by atoms with Crippen LogP contribution in [0.1, 0.15) is 44.7 Å². The molecule has 1 aromatic carbocycles. The van der Waals surface area contributed by atoms with Crippen LogP contribution in [0.2, 0.25) is 0 Å². The number of hydrogen-bond donors (Lipinski definition) is 3. The van der Waals surface area contributed by atoms with Crippen LogP contribution in [-0.2, 0) is 0 Å². The van der Waals surface area contributed by atoms with Gasteiger partial charge in [0.15, 0.2) is 11.6 Å². The number of carbonyl (C=O) groups excluding carboxylic acids is 1. The zero-order valence-electron chi connectivity index (χ0n) is 13.0. The molecule has 0 aliphatic rings. The summed E-state index contributed by atoms with van der Waals surface area (Å²) >= 11 is 0. The van der Waals surface area contributed by atoms with Crippen molar-refractivity contribution < 1.29 is 18.7 Å². The van der Waals surface area contributed by atoms with Crippen molar-refractivity contribution in [3.8, 4) is 0 Å². The van der Waals surface area contributed by atoms with Gasteiger partial charge >= 0.3 is 6.03 Å². The van der Waals surface area contributed by atoms with Gasteiger partial charge in [0.25, 0.3) is 0 Å². The third kappa shape index (κ3) is 5.97. The predicted molar refractivity (Wildman–Crippen MR) is 81.4 cm³/mol. The summed E-state index contributed by atoms with van der Waals surface area (Å²) in [6, 6.07) is 2.76. The van der Waals surface area contributed by atoms with E-state index in [1.165, 1.54) is 6.07 Å². The van der Waals surface area contributed by atoms with Crippen molar-refractivity contribution in [3.05, 3.63) is 35.4 Å². The van der Waals surface area contributed by atoms with Crippen molar-refractivity contribution in [2.24, 2.45) is 5.92 Å². The monoisotopic (exact) mass is 314 g/mol. The minimum Gasteiger partial charge on any atom is -0.396 e. The molecule has 2 atom stereocenters. The van der Waals surface area contributed by atoms with Gasteiger partial charge in [0.2, 0.25) is 0 Å². The minimum absolute atomic E-state index is 0.0965. The quantitative estimate of drug-likeness (QED) is 0.690. The Kier molecular flexibility index (Phi) is 7.80. The first-order valence-electron chi connectivity index (χ1n) is 7.58. The number of benzene rings is 1. The van der Waals surface area contributed by atoms with Gasteiger partial charge in [-0.15, -0.1) is 0 Å². The van der Waals surface area contributed by atoms with Crippen molar-refractivity contribution in [2.45, 2.75) is 39.2 Å². The maximum absolute atomic E-state index is 13.2. The Balaban J connectivity index is 2.47. The Bertz CT molecular complexity index is 477. The van der Waals surface area contributed by atoms with Crippen molar-refractivity contribution in [1.82, 2.24) is 10.6 Å². The molecule has 2 unspecified atom stereocenters. The van der Waals surface area contributed by atoms with Crippen molar-refractivity contribution in [2.75, 3.05) is 13.2 Å². The molecular weight excluding hydrogens is 290 g/mol. The molecule has 0 aliphatic carbocycles. The zero-order valence-corrected chi connectivity index (χ0v) is 13.0. The van der Waals surface area contributed by atoms with E-state index in [0.29, 0.717) is 18.5 Å². The van der Waals surface area contributed by atoms with Crippen LogP contribution in [0.25, 0.3) is 0 Å². The molecule has 0 aliphatic heterocycles. The molecule has 0 aromatic heterocycles. The van der Waals surface area contributed by atoms with Crippen molar-refractivity contribution in [3.63, 3.8) is 0 Å². The number of hydrogen-bond acceptors (Lipinski definition) is 2. The van der Waals surface area contributed by atoms with Crippen LogP contribution in [0.3, 0.4) is 0 Å². The molecule has 0 fully saturated rings. The molecule has 1 aromatic rings.